The molecule has 110 valence electrons. The van der Waals surface area contributed by atoms with Crippen molar-refractivity contribution in [1.82, 2.24) is 0 Å². The molecule has 0 unspecified atom stereocenters. The second-order valence-corrected chi connectivity index (χ2v) is 5.73. The Morgan fingerprint density at radius 3 is 2.67 bits per heavy atom. The number of carboxylic acids is 1. The molecule has 0 heterocycles. The predicted molar refractivity (Wildman–Crippen MR) is 79.7 cm³/mol. The summed E-state index contributed by atoms with van der Waals surface area (Å²) in [5, 5.41) is 18.7. The number of hydrogen-bond donors (Lipinski definition) is 1. The number of nitriles is 1. The third-order valence-electron chi connectivity index (χ3n) is 4.59. The summed E-state index contributed by atoms with van der Waals surface area (Å²) >= 11 is 0. The van der Waals surface area contributed by atoms with Crippen molar-refractivity contribution < 1.29 is 14.6 Å². The Hall–Kier alpha value is -2.12. The molecular formula is C17H19NO3. The summed E-state index contributed by atoms with van der Waals surface area (Å²) in [7, 11) is 1.58. The number of rotatable bonds is 5. The van der Waals surface area contributed by atoms with Gasteiger partial charge in [-0.1, -0.05) is 37.3 Å². The van der Waals surface area contributed by atoms with Crippen molar-refractivity contribution in [2.24, 2.45) is 11.3 Å². The van der Waals surface area contributed by atoms with Crippen LogP contribution in [0.25, 0.3) is 6.08 Å². The van der Waals surface area contributed by atoms with Gasteiger partial charge in [-0.2, -0.15) is 5.26 Å². The minimum absolute atomic E-state index is 0.238. The lowest BCUT2D eigenvalue weighted by molar-refractivity contribution is 0.00164. The zero-order valence-electron chi connectivity index (χ0n) is 12.5. The maximum Gasteiger partial charge on any atom is 0.336 e. The van der Waals surface area contributed by atoms with E-state index in [0.717, 1.165) is 6.42 Å². The van der Waals surface area contributed by atoms with Gasteiger partial charge in [-0.05, 0) is 30.9 Å². The minimum atomic E-state index is -0.968. The van der Waals surface area contributed by atoms with Crippen molar-refractivity contribution in [3.8, 4) is 6.07 Å². The van der Waals surface area contributed by atoms with Crippen LogP contribution < -0.4 is 0 Å². The van der Waals surface area contributed by atoms with Crippen molar-refractivity contribution >= 4 is 12.0 Å². The Bertz CT molecular complexity index is 631. The van der Waals surface area contributed by atoms with Gasteiger partial charge in [0.2, 0.25) is 0 Å². The van der Waals surface area contributed by atoms with E-state index in [9.17, 15) is 15.2 Å². The molecule has 1 aliphatic carbocycles. The average Bonchev–Trinajstić information content (AvgIpc) is 3.17. The van der Waals surface area contributed by atoms with Crippen molar-refractivity contribution in [2.75, 3.05) is 7.11 Å². The fourth-order valence-electron chi connectivity index (χ4n) is 2.87. The number of nitrogens with zero attached hydrogens (tertiary/aromatic N) is 1. The van der Waals surface area contributed by atoms with E-state index in [-0.39, 0.29) is 11.5 Å². The number of ether oxygens (including phenoxy) is 1. The highest BCUT2D eigenvalue weighted by molar-refractivity contribution is 5.92. The number of hydrogen-bond acceptors (Lipinski definition) is 3. The van der Waals surface area contributed by atoms with Crippen molar-refractivity contribution in [3.05, 3.63) is 41.5 Å². The van der Waals surface area contributed by atoms with Gasteiger partial charge in [0.15, 0.2) is 0 Å². The van der Waals surface area contributed by atoms with Crippen LogP contribution in [0.5, 0.6) is 0 Å². The molecule has 1 fully saturated rings. The lowest BCUT2D eigenvalue weighted by atomic mass is 9.84. The highest BCUT2D eigenvalue weighted by Gasteiger charge is 2.63. The number of carboxylic acid groups (broad SMARTS) is 1. The van der Waals surface area contributed by atoms with E-state index in [0.29, 0.717) is 5.56 Å². The number of benzene rings is 1. The summed E-state index contributed by atoms with van der Waals surface area (Å²) in [5.74, 6) is -0.698. The van der Waals surface area contributed by atoms with E-state index < -0.39 is 17.0 Å². The minimum Gasteiger partial charge on any atom is -0.478 e. The number of methoxy groups -OCH3 is 1. The smallest absolute Gasteiger partial charge is 0.336 e. The predicted octanol–water partition coefficient (Wildman–Crippen LogP) is 3.35. The molecule has 0 aromatic heterocycles. The van der Waals surface area contributed by atoms with Crippen molar-refractivity contribution in [1.29, 1.82) is 5.26 Å². The first-order chi connectivity index (χ1) is 9.90. The highest BCUT2D eigenvalue weighted by atomic mass is 16.5. The van der Waals surface area contributed by atoms with Gasteiger partial charge in [-0.25, -0.2) is 4.79 Å². The standard InChI is InChI=1S/C17H19NO3/c1-12-10-17(12,11-18)16(2,21-3)9-8-13-6-4-5-7-14(13)15(19)20/h4-9,12H,10H2,1-3H3,(H,19,20)/b9-8+/t12-,16-,17-/m1/s1. The number of carbonyl (C=O) groups is 1. The first-order valence-corrected chi connectivity index (χ1v) is 6.88. The average molecular weight is 285 g/mol. The van der Waals surface area contributed by atoms with Gasteiger partial charge in [0.1, 0.15) is 5.60 Å². The normalized spacial score (nSPS) is 27.0. The molecule has 0 bridgehead atoms. The summed E-state index contributed by atoms with van der Waals surface area (Å²) in [6.07, 6.45) is 4.33. The zero-order valence-corrected chi connectivity index (χ0v) is 12.5. The Morgan fingerprint density at radius 2 is 2.19 bits per heavy atom. The van der Waals surface area contributed by atoms with Crippen molar-refractivity contribution in [2.45, 2.75) is 25.9 Å². The molecule has 4 heteroatoms. The van der Waals surface area contributed by atoms with Gasteiger partial charge >= 0.3 is 5.97 Å². The van der Waals surface area contributed by atoms with E-state index >= 15 is 0 Å². The van der Waals surface area contributed by atoms with Crippen LogP contribution in [0.1, 0.15) is 36.2 Å². The molecule has 1 aromatic carbocycles. The van der Waals surface area contributed by atoms with Crippen LogP contribution in [0.3, 0.4) is 0 Å². The van der Waals surface area contributed by atoms with Crippen LogP contribution in [0.4, 0.5) is 0 Å². The molecule has 3 atom stereocenters. The summed E-state index contributed by atoms with van der Waals surface area (Å²) in [4.78, 5) is 11.2. The quantitative estimate of drug-likeness (QED) is 0.900. The highest BCUT2D eigenvalue weighted by Crippen LogP contribution is 2.60. The van der Waals surface area contributed by atoms with Crippen LogP contribution in [0.2, 0.25) is 0 Å². The largest absolute Gasteiger partial charge is 0.478 e. The Kier molecular flexibility index (Phi) is 3.89. The second kappa shape index (κ2) is 5.34. The summed E-state index contributed by atoms with van der Waals surface area (Å²) < 4.78 is 5.59. The van der Waals surface area contributed by atoms with Crippen LogP contribution in [0, 0.1) is 22.7 Å². The fourth-order valence-corrected chi connectivity index (χ4v) is 2.87. The summed E-state index contributed by atoms with van der Waals surface area (Å²) in [6.45, 7) is 3.90. The van der Waals surface area contributed by atoms with Gasteiger partial charge in [0.25, 0.3) is 0 Å². The van der Waals surface area contributed by atoms with Crippen LogP contribution in [-0.2, 0) is 4.74 Å². The van der Waals surface area contributed by atoms with E-state index in [4.69, 9.17) is 4.74 Å². The SMILES string of the molecule is CO[C@](C)(/C=C/c1ccccc1C(=O)O)[C@@]1(C#N)C[C@H]1C. The van der Waals surface area contributed by atoms with Crippen LogP contribution >= 0.6 is 0 Å². The molecule has 1 aliphatic rings. The van der Waals surface area contributed by atoms with Crippen LogP contribution in [-0.4, -0.2) is 23.8 Å². The first kappa shape index (κ1) is 15.3. The zero-order chi connectivity index (χ0) is 15.7. The fraction of sp³-hybridized carbons (Fsp3) is 0.412. The lowest BCUT2D eigenvalue weighted by Gasteiger charge is -2.30. The molecule has 4 nitrogen and oxygen atoms in total. The molecule has 2 rings (SSSR count). The van der Waals surface area contributed by atoms with Gasteiger partial charge in [0.05, 0.1) is 17.0 Å². The summed E-state index contributed by atoms with van der Waals surface area (Å²) in [5.41, 5.74) is -0.417. The van der Waals surface area contributed by atoms with Gasteiger partial charge in [0, 0.05) is 7.11 Å². The molecule has 0 spiro atoms. The molecular weight excluding hydrogens is 266 g/mol. The van der Waals surface area contributed by atoms with E-state index in [1.807, 2.05) is 19.9 Å². The third kappa shape index (κ3) is 2.45. The van der Waals surface area contributed by atoms with Crippen LogP contribution in [0.15, 0.2) is 30.3 Å². The van der Waals surface area contributed by atoms with Gasteiger partial charge < -0.3 is 9.84 Å². The topological polar surface area (TPSA) is 70.3 Å². The number of aromatic carboxylic acids is 1. The Labute approximate surface area is 124 Å². The monoisotopic (exact) mass is 285 g/mol. The molecule has 21 heavy (non-hydrogen) atoms. The molecule has 0 aliphatic heterocycles. The van der Waals surface area contributed by atoms with Crippen molar-refractivity contribution in [3.63, 3.8) is 0 Å². The van der Waals surface area contributed by atoms with E-state index in [2.05, 4.69) is 6.07 Å². The maximum absolute atomic E-state index is 11.2. The Balaban J connectivity index is 2.36. The molecule has 1 saturated carbocycles. The maximum atomic E-state index is 11.2. The molecule has 0 radical (unpaired) electrons. The molecule has 0 amide bonds. The van der Waals surface area contributed by atoms with E-state index in [1.54, 1.807) is 37.5 Å². The Morgan fingerprint density at radius 1 is 1.57 bits per heavy atom. The second-order valence-electron chi connectivity index (χ2n) is 5.73. The lowest BCUT2D eigenvalue weighted by Crippen LogP contribution is -2.36. The summed E-state index contributed by atoms with van der Waals surface area (Å²) in [6, 6.07) is 9.16. The van der Waals surface area contributed by atoms with E-state index in [1.165, 1.54) is 0 Å². The van der Waals surface area contributed by atoms with Gasteiger partial charge in [-0.3, -0.25) is 0 Å². The molecule has 1 aromatic rings. The first-order valence-electron chi connectivity index (χ1n) is 6.88. The van der Waals surface area contributed by atoms with Gasteiger partial charge in [-0.15, -0.1) is 0 Å². The molecule has 0 saturated heterocycles. The third-order valence-corrected chi connectivity index (χ3v) is 4.59. The molecule has 1 N–H and O–H groups in total.